The van der Waals surface area contributed by atoms with Crippen LogP contribution in [0.4, 0.5) is 0 Å². The number of phenols is 4. The summed E-state index contributed by atoms with van der Waals surface area (Å²) in [5.41, 5.74) is 12.8. The Kier molecular flexibility index (Phi) is 33.0. The minimum Gasteiger partial charge on any atom is -0.507 e. The van der Waals surface area contributed by atoms with Crippen LogP contribution in [0.25, 0.3) is 0 Å². The number of aromatic hydroxyl groups is 4. The van der Waals surface area contributed by atoms with Crippen molar-refractivity contribution in [3.63, 3.8) is 0 Å². The molecule has 0 atom stereocenters. The Balaban J connectivity index is 0.000000406. The molecule has 0 radical (unpaired) electrons. The van der Waals surface area contributed by atoms with Crippen LogP contribution < -0.4 is 42.5 Å². The van der Waals surface area contributed by atoms with Gasteiger partial charge in [0.15, 0.2) is 0 Å². The summed E-state index contributed by atoms with van der Waals surface area (Å²) in [4.78, 5) is 0. The van der Waals surface area contributed by atoms with Crippen LogP contribution >= 0.6 is 0 Å². The summed E-state index contributed by atoms with van der Waals surface area (Å²) in [5.74, 6) is 1.63. The van der Waals surface area contributed by atoms with Crippen LogP contribution in [-0.2, 0) is 93.5 Å². The molecule has 0 saturated heterocycles. The molecule has 0 unspecified atom stereocenters. The monoisotopic (exact) mass is 1350 g/mol. The number of fused-ring (bicyclic) bond motifs is 8. The van der Waals surface area contributed by atoms with Crippen LogP contribution in [0, 0.1) is 33.8 Å². The summed E-state index contributed by atoms with van der Waals surface area (Å²) in [6.45, 7) is 56.7. The van der Waals surface area contributed by atoms with Crippen LogP contribution in [0.1, 0.15) is 205 Å². The molecular formula is C80H124MgN8O4Zn+2. The minimum atomic E-state index is -0.0182. The van der Waals surface area contributed by atoms with E-state index < -0.39 is 0 Å². The molecule has 510 valence electrons. The first-order valence-corrected chi connectivity index (χ1v) is 33.9. The molecule has 6 aromatic carbocycles. The third kappa shape index (κ3) is 28.6. The van der Waals surface area contributed by atoms with Gasteiger partial charge in [-0.05, 0) is 86.1 Å². The van der Waals surface area contributed by atoms with Gasteiger partial charge >= 0.3 is 23.1 Å². The van der Waals surface area contributed by atoms with Gasteiger partial charge in [0.25, 0.3) is 0 Å². The van der Waals surface area contributed by atoms with Crippen LogP contribution in [0.2, 0.25) is 0 Å². The number of benzene rings is 6. The number of rotatable bonds is 0. The predicted molar refractivity (Wildman–Crippen MR) is 390 cm³/mol. The maximum atomic E-state index is 11.2. The Hall–Kier alpha value is -4.41. The molecule has 2 aliphatic heterocycles. The molecule has 0 aliphatic carbocycles. The number of hydrogen-bond donors (Lipinski definition) is 12. The summed E-state index contributed by atoms with van der Waals surface area (Å²) < 4.78 is 0. The zero-order valence-corrected chi connectivity index (χ0v) is 66.4. The molecule has 2 aliphatic rings. The normalized spacial score (nSPS) is 17.7. The molecule has 2 heterocycles. The maximum Gasteiger partial charge on any atom is 2.00 e. The van der Waals surface area contributed by atoms with E-state index in [2.05, 4.69) is 242 Å². The van der Waals surface area contributed by atoms with E-state index in [-0.39, 0.29) is 85.9 Å². The Morgan fingerprint density at radius 3 is 0.681 bits per heavy atom. The van der Waals surface area contributed by atoms with Gasteiger partial charge in [0, 0.05) is 143 Å². The third-order valence-electron chi connectivity index (χ3n) is 17.4. The predicted octanol–water partition coefficient (Wildman–Crippen LogP) is 12.2. The van der Waals surface area contributed by atoms with E-state index in [9.17, 15) is 20.4 Å². The van der Waals surface area contributed by atoms with E-state index in [4.69, 9.17) is 0 Å². The van der Waals surface area contributed by atoms with Crippen molar-refractivity contribution in [1.82, 2.24) is 31.9 Å². The molecular weight excluding hydrogens is 1230 g/mol. The molecule has 12 nitrogen and oxygen atoms in total. The largest absolute Gasteiger partial charge is 2.00 e. The van der Waals surface area contributed by atoms with Crippen molar-refractivity contribution < 1.29 is 50.5 Å². The van der Waals surface area contributed by atoms with Gasteiger partial charge < -0.3 is 63.0 Å². The van der Waals surface area contributed by atoms with Gasteiger partial charge in [-0.15, -0.1) is 0 Å². The summed E-state index contributed by atoms with van der Waals surface area (Å²) in [6.07, 6.45) is 0. The van der Waals surface area contributed by atoms with Gasteiger partial charge in [-0.3, -0.25) is 0 Å². The summed E-state index contributed by atoms with van der Waals surface area (Å²) >= 11 is 0. The molecule has 14 N–H and O–H groups in total. The summed E-state index contributed by atoms with van der Waals surface area (Å²) in [5, 5.41) is 71.2. The molecule has 8 bridgehead atoms. The van der Waals surface area contributed by atoms with Crippen molar-refractivity contribution in [2.45, 2.75) is 212 Å². The molecule has 0 fully saturated rings. The minimum absolute atomic E-state index is 0. The Labute approximate surface area is 599 Å². The Bertz CT molecular complexity index is 2630. The molecule has 8 rings (SSSR count). The van der Waals surface area contributed by atoms with E-state index >= 15 is 0 Å². The van der Waals surface area contributed by atoms with Crippen molar-refractivity contribution in [2.24, 2.45) is 21.7 Å². The van der Waals surface area contributed by atoms with Crippen molar-refractivity contribution in [3.05, 3.63) is 188 Å². The SMILES string of the molecule is CC1(C)CNCc2cc(C(C)(C)C)cc(c2O)CNCC(C)(C)CNCc2cc(C(C)(C)C)cc(c2O)CNC1.CC1(C)CNCc2cc(C(C)(C)C)cc(c2O)C[NH2+]CC(C)(C)C[NH2+]Cc2cc(C(C)(C)C)cc(c2O)CNC1.[Mg+2].[Zn].[c-]1ccccc1.[c-]1ccccc1. The van der Waals surface area contributed by atoms with Crippen molar-refractivity contribution in [1.29, 1.82) is 0 Å². The van der Waals surface area contributed by atoms with Crippen molar-refractivity contribution in [3.8, 4) is 23.0 Å². The number of nitrogens with two attached hydrogens (primary N) is 2. The fraction of sp³-hybridized carbons (Fsp3) is 0.550. The van der Waals surface area contributed by atoms with Crippen LogP contribution in [0.3, 0.4) is 0 Å². The van der Waals surface area contributed by atoms with Gasteiger partial charge in [-0.1, -0.05) is 161 Å². The fourth-order valence-corrected chi connectivity index (χ4v) is 11.3. The van der Waals surface area contributed by atoms with Gasteiger partial charge in [0.2, 0.25) is 0 Å². The summed E-state index contributed by atoms with van der Waals surface area (Å²) in [6, 6.07) is 42.3. The van der Waals surface area contributed by atoms with Gasteiger partial charge in [-0.2, -0.15) is 72.8 Å². The van der Waals surface area contributed by atoms with E-state index in [1.54, 1.807) is 0 Å². The first-order chi connectivity index (χ1) is 42.8. The number of hydrogen-bond acceptors (Lipinski definition) is 10. The van der Waals surface area contributed by atoms with Crippen LogP contribution in [0.5, 0.6) is 23.0 Å². The Morgan fingerprint density at radius 1 is 0.319 bits per heavy atom. The third-order valence-corrected chi connectivity index (χ3v) is 17.4. The van der Waals surface area contributed by atoms with Crippen LogP contribution in [0.15, 0.2) is 109 Å². The maximum absolute atomic E-state index is 11.2. The molecule has 6 aromatic rings. The molecule has 0 saturated carbocycles. The van der Waals surface area contributed by atoms with Gasteiger partial charge in [0.1, 0.15) is 36.1 Å². The van der Waals surface area contributed by atoms with E-state index in [1.807, 2.05) is 60.7 Å². The molecule has 0 spiro atoms. The first kappa shape index (κ1) is 83.8. The average Bonchev–Trinajstić information content (AvgIpc) is 0.833. The van der Waals surface area contributed by atoms with Crippen LogP contribution in [-0.4, -0.2) is 95.8 Å². The molecule has 14 heteroatoms. The fourth-order valence-electron chi connectivity index (χ4n) is 11.3. The second-order valence-electron chi connectivity index (χ2n) is 33.4. The standard InChI is InChI=1S/2C34H56N4O2.2C6H5.Mg.Zn/c2*1-31(2,3)27-11-23-15-35-19-33(7,8)21-37-17-25-13-28(32(4,5)6)14-26(30(25)40)18-38-22-34(9,10)20-36-16-24(12-27)29(23)39;2*1-2-4-6-5-3-1;;/h2*11-14,35-40H,15-22H2,1-10H3;2*1-5H;;/q;;2*-1;+2;/p+2. The molecule has 0 aromatic heterocycles. The quantitative estimate of drug-likeness (QED) is 0.0516. The van der Waals surface area contributed by atoms with E-state index in [1.165, 1.54) is 22.3 Å². The van der Waals surface area contributed by atoms with E-state index in [0.717, 1.165) is 110 Å². The molecule has 94 heavy (non-hydrogen) atoms. The number of nitrogens with one attached hydrogen (secondary N) is 6. The first-order valence-electron chi connectivity index (χ1n) is 33.9. The second kappa shape index (κ2) is 37.0. The molecule has 0 amide bonds. The smallest absolute Gasteiger partial charge is 0.507 e. The van der Waals surface area contributed by atoms with Gasteiger partial charge in [0.05, 0.1) is 18.5 Å². The zero-order chi connectivity index (χ0) is 68.4. The number of phenolic OH excluding ortho intramolecular Hbond substituents is 4. The average molecular weight is 1350 g/mol. The number of quaternary nitrogens is 2. The van der Waals surface area contributed by atoms with E-state index in [0.29, 0.717) is 62.3 Å². The van der Waals surface area contributed by atoms with Crippen molar-refractivity contribution in [2.75, 3.05) is 52.4 Å². The van der Waals surface area contributed by atoms with Crippen molar-refractivity contribution >= 4 is 23.1 Å². The topological polar surface area (TPSA) is 186 Å². The van der Waals surface area contributed by atoms with Gasteiger partial charge in [-0.25, -0.2) is 0 Å². The zero-order valence-electron chi connectivity index (χ0n) is 62.1. The Morgan fingerprint density at radius 2 is 0.511 bits per heavy atom. The second-order valence-corrected chi connectivity index (χ2v) is 33.4. The summed E-state index contributed by atoms with van der Waals surface area (Å²) in [7, 11) is 0.